The summed E-state index contributed by atoms with van der Waals surface area (Å²) in [6.07, 6.45) is 0. The first kappa shape index (κ1) is 28.5. The summed E-state index contributed by atoms with van der Waals surface area (Å²) in [5.74, 6) is -0.921. The van der Waals surface area contributed by atoms with Gasteiger partial charge < -0.3 is 10.2 Å². The fraction of sp³-hybridized carbons (Fsp3) is 0.259. The molecule has 0 aliphatic heterocycles. The van der Waals surface area contributed by atoms with Gasteiger partial charge in [-0.1, -0.05) is 71.2 Å². The molecule has 0 fully saturated rings. The summed E-state index contributed by atoms with van der Waals surface area (Å²) in [7, 11) is -4.23. The van der Waals surface area contributed by atoms with Crippen LogP contribution in [0, 0.1) is 6.92 Å². The molecule has 0 spiro atoms. The normalized spacial score (nSPS) is 12.0. The van der Waals surface area contributed by atoms with E-state index in [1.807, 2.05) is 37.3 Å². The van der Waals surface area contributed by atoms with E-state index in [1.165, 1.54) is 35.2 Å². The van der Waals surface area contributed by atoms with Crippen molar-refractivity contribution in [2.45, 2.75) is 38.3 Å². The first-order valence-corrected chi connectivity index (χ1v) is 13.9. The predicted molar refractivity (Wildman–Crippen MR) is 147 cm³/mol. The molecule has 1 unspecified atom stereocenters. The number of hydrogen-bond donors (Lipinski definition) is 1. The Morgan fingerprint density at radius 2 is 1.62 bits per heavy atom. The molecule has 196 valence electrons. The minimum absolute atomic E-state index is 0.00618. The second-order valence-electron chi connectivity index (χ2n) is 8.50. The standard InChI is InChI=1S/C27H29Cl2N3O4S/c1-4-30-27(34)20(3)31(17-21-8-6-5-7-9-21)26(33)18-32(25-16-22(28)12-15-24(25)29)37(35,36)23-13-10-19(2)11-14-23/h5-16,20H,4,17-18H2,1-3H3,(H,30,34). The molecule has 10 heteroatoms. The van der Waals surface area contributed by atoms with Crippen LogP contribution < -0.4 is 9.62 Å². The number of hydrogen-bond acceptors (Lipinski definition) is 4. The molecular weight excluding hydrogens is 533 g/mol. The molecule has 0 saturated carbocycles. The second kappa shape index (κ2) is 12.4. The summed E-state index contributed by atoms with van der Waals surface area (Å²) in [5, 5.41) is 3.09. The molecule has 3 rings (SSSR count). The number of nitrogens with one attached hydrogen (secondary N) is 1. The van der Waals surface area contributed by atoms with Gasteiger partial charge in [0.2, 0.25) is 11.8 Å². The van der Waals surface area contributed by atoms with Gasteiger partial charge in [0, 0.05) is 18.1 Å². The Balaban J connectivity index is 2.06. The number of benzene rings is 3. The number of carbonyl (C=O) groups excluding carboxylic acids is 2. The van der Waals surface area contributed by atoms with Crippen LogP contribution in [-0.2, 0) is 26.2 Å². The molecule has 0 aliphatic carbocycles. The zero-order valence-electron chi connectivity index (χ0n) is 20.8. The Morgan fingerprint density at radius 3 is 2.24 bits per heavy atom. The van der Waals surface area contributed by atoms with Crippen molar-refractivity contribution in [2.75, 3.05) is 17.4 Å². The monoisotopic (exact) mass is 561 g/mol. The van der Waals surface area contributed by atoms with Crippen LogP contribution in [0.2, 0.25) is 10.0 Å². The van der Waals surface area contributed by atoms with Gasteiger partial charge in [0.15, 0.2) is 0 Å². The van der Waals surface area contributed by atoms with E-state index in [0.29, 0.717) is 6.54 Å². The highest BCUT2D eigenvalue weighted by Gasteiger charge is 2.33. The number of nitrogens with zero attached hydrogens (tertiary/aromatic N) is 2. The lowest BCUT2D eigenvalue weighted by Crippen LogP contribution is -2.51. The summed E-state index contributed by atoms with van der Waals surface area (Å²) < 4.78 is 28.5. The molecule has 0 bridgehead atoms. The average Bonchev–Trinajstić information content (AvgIpc) is 2.87. The smallest absolute Gasteiger partial charge is 0.264 e. The van der Waals surface area contributed by atoms with Crippen molar-refractivity contribution in [3.63, 3.8) is 0 Å². The van der Waals surface area contributed by atoms with Crippen LogP contribution >= 0.6 is 23.2 Å². The van der Waals surface area contributed by atoms with Crippen LogP contribution in [-0.4, -0.2) is 44.3 Å². The molecule has 0 aromatic heterocycles. The topological polar surface area (TPSA) is 86.8 Å². The predicted octanol–water partition coefficient (Wildman–Crippen LogP) is 5.05. The zero-order chi connectivity index (χ0) is 27.2. The minimum atomic E-state index is -4.23. The van der Waals surface area contributed by atoms with E-state index in [9.17, 15) is 18.0 Å². The van der Waals surface area contributed by atoms with Crippen LogP contribution in [0.15, 0.2) is 77.7 Å². The van der Waals surface area contributed by atoms with Gasteiger partial charge in [-0.2, -0.15) is 0 Å². The number of likely N-dealkylation sites (N-methyl/N-ethyl adjacent to an activating group) is 1. The fourth-order valence-corrected chi connectivity index (χ4v) is 5.57. The van der Waals surface area contributed by atoms with Gasteiger partial charge in [-0.15, -0.1) is 0 Å². The highest BCUT2D eigenvalue weighted by molar-refractivity contribution is 7.92. The Labute approximate surface area is 228 Å². The summed E-state index contributed by atoms with van der Waals surface area (Å²) in [6, 6.07) is 19.0. The Hall–Kier alpha value is -3.07. The fourth-order valence-electron chi connectivity index (χ4n) is 3.71. The van der Waals surface area contributed by atoms with Crippen LogP contribution in [0.25, 0.3) is 0 Å². The maximum Gasteiger partial charge on any atom is 0.264 e. The number of carbonyl (C=O) groups is 2. The maximum atomic E-state index is 13.8. The van der Waals surface area contributed by atoms with Gasteiger partial charge >= 0.3 is 0 Å². The van der Waals surface area contributed by atoms with Crippen molar-refractivity contribution >= 4 is 50.7 Å². The van der Waals surface area contributed by atoms with Crippen molar-refractivity contribution in [2.24, 2.45) is 0 Å². The molecule has 3 aromatic rings. The minimum Gasteiger partial charge on any atom is -0.355 e. The van der Waals surface area contributed by atoms with Crippen molar-refractivity contribution in [3.8, 4) is 0 Å². The quantitative estimate of drug-likeness (QED) is 0.375. The number of sulfonamides is 1. The third-order valence-corrected chi connectivity index (χ3v) is 8.11. The van der Waals surface area contributed by atoms with Crippen molar-refractivity contribution < 1.29 is 18.0 Å². The Bertz CT molecular complexity index is 1350. The van der Waals surface area contributed by atoms with Gasteiger partial charge in [0.25, 0.3) is 10.0 Å². The van der Waals surface area contributed by atoms with Crippen molar-refractivity contribution in [1.82, 2.24) is 10.2 Å². The van der Waals surface area contributed by atoms with E-state index < -0.39 is 28.5 Å². The summed E-state index contributed by atoms with van der Waals surface area (Å²) in [4.78, 5) is 27.8. The van der Waals surface area contributed by atoms with E-state index in [1.54, 1.807) is 26.0 Å². The third kappa shape index (κ3) is 7.03. The van der Waals surface area contributed by atoms with Crippen LogP contribution in [0.4, 0.5) is 5.69 Å². The highest BCUT2D eigenvalue weighted by atomic mass is 35.5. The van der Waals surface area contributed by atoms with Crippen LogP contribution in [0.5, 0.6) is 0 Å². The summed E-state index contributed by atoms with van der Waals surface area (Å²) in [6.45, 7) is 5.15. The maximum absolute atomic E-state index is 13.8. The second-order valence-corrected chi connectivity index (χ2v) is 11.2. The van der Waals surface area contributed by atoms with Crippen molar-refractivity contribution in [1.29, 1.82) is 0 Å². The van der Waals surface area contributed by atoms with Crippen LogP contribution in [0.3, 0.4) is 0 Å². The van der Waals surface area contributed by atoms with Gasteiger partial charge in [-0.3, -0.25) is 13.9 Å². The molecule has 7 nitrogen and oxygen atoms in total. The molecular formula is C27H29Cl2N3O4S. The lowest BCUT2D eigenvalue weighted by Gasteiger charge is -2.32. The van der Waals surface area contributed by atoms with E-state index in [-0.39, 0.29) is 33.1 Å². The van der Waals surface area contributed by atoms with E-state index in [4.69, 9.17) is 23.2 Å². The molecule has 0 radical (unpaired) electrons. The number of rotatable bonds is 10. The van der Waals surface area contributed by atoms with E-state index >= 15 is 0 Å². The highest BCUT2D eigenvalue weighted by Crippen LogP contribution is 2.33. The molecule has 2 amide bonds. The molecule has 1 N–H and O–H groups in total. The average molecular weight is 563 g/mol. The zero-order valence-corrected chi connectivity index (χ0v) is 23.1. The molecule has 0 heterocycles. The first-order chi connectivity index (χ1) is 17.5. The third-order valence-electron chi connectivity index (χ3n) is 5.78. The number of anilines is 1. The lowest BCUT2D eigenvalue weighted by molar-refractivity contribution is -0.139. The van der Waals surface area contributed by atoms with E-state index in [0.717, 1.165) is 15.4 Å². The molecule has 37 heavy (non-hydrogen) atoms. The van der Waals surface area contributed by atoms with E-state index in [2.05, 4.69) is 5.32 Å². The molecule has 1 atom stereocenters. The largest absolute Gasteiger partial charge is 0.355 e. The number of halogens is 2. The van der Waals surface area contributed by atoms with Crippen molar-refractivity contribution in [3.05, 3.63) is 94.0 Å². The molecule has 0 saturated heterocycles. The Kier molecular flexibility index (Phi) is 9.59. The summed E-state index contributed by atoms with van der Waals surface area (Å²) >= 11 is 12.6. The number of aryl methyl sites for hydroxylation is 1. The van der Waals surface area contributed by atoms with Gasteiger partial charge in [0.05, 0.1) is 15.6 Å². The number of amides is 2. The lowest BCUT2D eigenvalue weighted by atomic mass is 10.1. The molecule has 0 aliphatic rings. The van der Waals surface area contributed by atoms with Gasteiger partial charge in [-0.25, -0.2) is 8.42 Å². The first-order valence-electron chi connectivity index (χ1n) is 11.7. The Morgan fingerprint density at radius 1 is 0.973 bits per heavy atom. The van der Waals surface area contributed by atoms with Gasteiger partial charge in [0.1, 0.15) is 12.6 Å². The molecule has 3 aromatic carbocycles. The van der Waals surface area contributed by atoms with Gasteiger partial charge in [-0.05, 0) is 56.7 Å². The summed E-state index contributed by atoms with van der Waals surface area (Å²) in [5.41, 5.74) is 1.74. The SMILES string of the molecule is CCNC(=O)C(C)N(Cc1ccccc1)C(=O)CN(c1cc(Cl)ccc1Cl)S(=O)(=O)c1ccc(C)cc1. The van der Waals surface area contributed by atoms with Crippen LogP contribution in [0.1, 0.15) is 25.0 Å².